The van der Waals surface area contributed by atoms with E-state index >= 15 is 0 Å². The second-order valence-electron chi connectivity index (χ2n) is 7.24. The molecule has 2 aliphatic rings. The fraction of sp³-hybridized carbons (Fsp3) is 0.391. The van der Waals surface area contributed by atoms with Crippen molar-refractivity contribution in [2.75, 3.05) is 26.4 Å². The van der Waals surface area contributed by atoms with Gasteiger partial charge in [-0.3, -0.25) is 9.59 Å². The minimum absolute atomic E-state index is 0.163. The lowest BCUT2D eigenvalue weighted by Gasteiger charge is -2.25. The number of benzene rings is 2. The van der Waals surface area contributed by atoms with E-state index in [1.807, 2.05) is 37.3 Å². The number of fused-ring (bicyclic) bond motifs is 1. The molecule has 2 aromatic carbocycles. The highest BCUT2D eigenvalue weighted by Gasteiger charge is 2.35. The van der Waals surface area contributed by atoms with E-state index < -0.39 is 6.04 Å². The first-order valence-electron chi connectivity index (χ1n) is 10.4. The normalized spacial score (nSPS) is 17.5. The van der Waals surface area contributed by atoms with Crippen LogP contribution in [0.5, 0.6) is 17.2 Å². The predicted molar refractivity (Wildman–Crippen MR) is 111 cm³/mol. The van der Waals surface area contributed by atoms with Crippen molar-refractivity contribution in [1.29, 1.82) is 0 Å². The number of rotatable bonds is 6. The fourth-order valence-electron chi connectivity index (χ4n) is 3.94. The van der Waals surface area contributed by atoms with Gasteiger partial charge in [-0.15, -0.1) is 0 Å². The highest BCUT2D eigenvalue weighted by Crippen LogP contribution is 2.33. The van der Waals surface area contributed by atoms with E-state index in [-0.39, 0.29) is 11.8 Å². The molecule has 2 aromatic rings. The van der Waals surface area contributed by atoms with Gasteiger partial charge in [-0.25, -0.2) is 0 Å². The van der Waals surface area contributed by atoms with Crippen LogP contribution in [-0.2, 0) is 11.3 Å². The van der Waals surface area contributed by atoms with Gasteiger partial charge in [0.25, 0.3) is 5.91 Å². The highest BCUT2D eigenvalue weighted by atomic mass is 16.6. The summed E-state index contributed by atoms with van der Waals surface area (Å²) in [4.78, 5) is 27.7. The second-order valence-corrected chi connectivity index (χ2v) is 7.24. The molecule has 7 heteroatoms. The molecule has 1 unspecified atom stereocenters. The minimum atomic E-state index is -0.496. The number of ether oxygens (including phenoxy) is 3. The first-order valence-corrected chi connectivity index (χ1v) is 10.4. The lowest BCUT2D eigenvalue weighted by Crippen LogP contribution is -2.45. The predicted octanol–water partition coefficient (Wildman–Crippen LogP) is 2.78. The Balaban J connectivity index is 1.45. The molecule has 0 aliphatic carbocycles. The highest BCUT2D eigenvalue weighted by molar-refractivity contribution is 6.00. The zero-order chi connectivity index (χ0) is 20.9. The van der Waals surface area contributed by atoms with E-state index in [0.717, 1.165) is 12.0 Å². The summed E-state index contributed by atoms with van der Waals surface area (Å²) in [5.41, 5.74) is 1.35. The maximum atomic E-state index is 13.2. The van der Waals surface area contributed by atoms with Gasteiger partial charge in [0.2, 0.25) is 5.91 Å². The van der Waals surface area contributed by atoms with Crippen LogP contribution in [0, 0.1) is 0 Å². The number of likely N-dealkylation sites (tertiary alicyclic amines) is 1. The number of hydrogen-bond acceptors (Lipinski definition) is 5. The monoisotopic (exact) mass is 410 g/mol. The number of nitrogens with zero attached hydrogens (tertiary/aromatic N) is 1. The third-order valence-electron chi connectivity index (χ3n) is 5.33. The molecule has 0 aromatic heterocycles. The van der Waals surface area contributed by atoms with E-state index in [1.54, 1.807) is 17.0 Å². The molecule has 0 saturated carbocycles. The van der Waals surface area contributed by atoms with Gasteiger partial charge in [-0.1, -0.05) is 24.3 Å². The number of carbonyl (C=O) groups excluding carboxylic acids is 2. The Hall–Kier alpha value is -3.22. The van der Waals surface area contributed by atoms with Crippen LogP contribution >= 0.6 is 0 Å². The minimum Gasteiger partial charge on any atom is -0.493 e. The molecule has 2 amide bonds. The summed E-state index contributed by atoms with van der Waals surface area (Å²) in [5, 5.41) is 2.97. The van der Waals surface area contributed by atoms with Gasteiger partial charge < -0.3 is 24.4 Å². The average molecular weight is 410 g/mol. The zero-order valence-electron chi connectivity index (χ0n) is 17.1. The summed E-state index contributed by atoms with van der Waals surface area (Å²) < 4.78 is 16.9. The smallest absolute Gasteiger partial charge is 0.258 e. The molecule has 0 radical (unpaired) electrons. The van der Waals surface area contributed by atoms with E-state index in [4.69, 9.17) is 14.2 Å². The molecule has 0 spiro atoms. The Morgan fingerprint density at radius 2 is 1.97 bits per heavy atom. The Morgan fingerprint density at radius 3 is 2.83 bits per heavy atom. The van der Waals surface area contributed by atoms with Crippen LogP contribution in [0.4, 0.5) is 0 Å². The van der Waals surface area contributed by atoms with Crippen LogP contribution < -0.4 is 19.5 Å². The summed E-state index contributed by atoms with van der Waals surface area (Å²) in [7, 11) is 0. The molecule has 1 N–H and O–H groups in total. The third kappa shape index (κ3) is 4.06. The molecule has 2 heterocycles. The molecule has 1 fully saturated rings. The number of amides is 2. The number of para-hydroxylation sites is 2. The van der Waals surface area contributed by atoms with E-state index in [2.05, 4.69) is 5.32 Å². The van der Waals surface area contributed by atoms with E-state index in [1.165, 1.54) is 0 Å². The lowest BCUT2D eigenvalue weighted by molar-refractivity contribution is -0.125. The van der Waals surface area contributed by atoms with Gasteiger partial charge >= 0.3 is 0 Å². The van der Waals surface area contributed by atoms with Crippen LogP contribution in [0.2, 0.25) is 0 Å². The van der Waals surface area contributed by atoms with Gasteiger partial charge in [0.05, 0.1) is 12.2 Å². The summed E-state index contributed by atoms with van der Waals surface area (Å²) in [5.74, 6) is 1.57. The summed E-state index contributed by atoms with van der Waals surface area (Å²) in [6, 6.07) is 12.3. The van der Waals surface area contributed by atoms with Crippen LogP contribution in [-0.4, -0.2) is 49.1 Å². The quantitative estimate of drug-likeness (QED) is 0.793. The molecule has 4 rings (SSSR count). The number of hydrogen-bond donors (Lipinski definition) is 1. The number of carbonyl (C=O) groups is 2. The second kappa shape index (κ2) is 9.07. The van der Waals surface area contributed by atoms with Gasteiger partial charge in [-0.2, -0.15) is 0 Å². The van der Waals surface area contributed by atoms with Crippen molar-refractivity contribution < 1.29 is 23.8 Å². The maximum absolute atomic E-state index is 13.2. The van der Waals surface area contributed by atoms with Crippen molar-refractivity contribution in [3.63, 3.8) is 0 Å². The third-order valence-corrected chi connectivity index (χ3v) is 5.33. The Labute approximate surface area is 175 Å². The van der Waals surface area contributed by atoms with Crippen molar-refractivity contribution in [1.82, 2.24) is 10.2 Å². The molecule has 2 aliphatic heterocycles. The molecule has 7 nitrogen and oxygen atoms in total. The standard InChI is InChI=1S/C23H26N2O5/c1-2-28-19-10-4-3-8-17(19)23(27)25-12-6-9-18(25)22(26)24-15-16-7-5-11-20-21(16)30-14-13-29-20/h3-5,7-8,10-11,18H,2,6,9,12-15H2,1H3,(H,24,26). The van der Waals surface area contributed by atoms with Crippen molar-refractivity contribution in [3.8, 4) is 17.2 Å². The van der Waals surface area contributed by atoms with Crippen LogP contribution in [0.1, 0.15) is 35.7 Å². The molecule has 1 saturated heterocycles. The van der Waals surface area contributed by atoms with Crippen molar-refractivity contribution in [2.45, 2.75) is 32.4 Å². The molecular formula is C23H26N2O5. The lowest BCUT2D eigenvalue weighted by atomic mass is 10.1. The van der Waals surface area contributed by atoms with Crippen molar-refractivity contribution >= 4 is 11.8 Å². The van der Waals surface area contributed by atoms with E-state index in [0.29, 0.717) is 62.1 Å². The van der Waals surface area contributed by atoms with Gasteiger partial charge in [-0.05, 0) is 38.0 Å². The average Bonchev–Trinajstić information content (AvgIpc) is 3.28. The first-order chi connectivity index (χ1) is 14.7. The van der Waals surface area contributed by atoms with Gasteiger partial charge in [0, 0.05) is 18.7 Å². The molecule has 0 bridgehead atoms. The summed E-state index contributed by atoms with van der Waals surface area (Å²) in [6.45, 7) is 4.23. The fourth-order valence-corrected chi connectivity index (χ4v) is 3.94. The summed E-state index contributed by atoms with van der Waals surface area (Å²) in [6.07, 6.45) is 1.43. The van der Waals surface area contributed by atoms with Gasteiger partial charge in [0.1, 0.15) is 25.0 Å². The Kier molecular flexibility index (Phi) is 6.07. The topological polar surface area (TPSA) is 77.1 Å². The first kappa shape index (κ1) is 20.1. The van der Waals surface area contributed by atoms with Crippen LogP contribution in [0.25, 0.3) is 0 Å². The van der Waals surface area contributed by atoms with Crippen molar-refractivity contribution in [2.24, 2.45) is 0 Å². The SMILES string of the molecule is CCOc1ccccc1C(=O)N1CCCC1C(=O)NCc1cccc2c1OCCO2. The van der Waals surface area contributed by atoms with Gasteiger partial charge in [0.15, 0.2) is 11.5 Å². The van der Waals surface area contributed by atoms with Crippen LogP contribution in [0.15, 0.2) is 42.5 Å². The van der Waals surface area contributed by atoms with E-state index in [9.17, 15) is 9.59 Å². The summed E-state index contributed by atoms with van der Waals surface area (Å²) >= 11 is 0. The van der Waals surface area contributed by atoms with Crippen molar-refractivity contribution in [3.05, 3.63) is 53.6 Å². The molecule has 1 atom stereocenters. The molecular weight excluding hydrogens is 384 g/mol. The Morgan fingerprint density at radius 1 is 1.13 bits per heavy atom. The molecule has 158 valence electrons. The van der Waals surface area contributed by atoms with Crippen LogP contribution in [0.3, 0.4) is 0 Å². The Bertz CT molecular complexity index is 930. The number of nitrogens with one attached hydrogen (secondary N) is 1. The maximum Gasteiger partial charge on any atom is 0.258 e. The molecule has 30 heavy (non-hydrogen) atoms. The zero-order valence-corrected chi connectivity index (χ0v) is 17.1. The largest absolute Gasteiger partial charge is 0.493 e.